The second-order valence-electron chi connectivity index (χ2n) is 6.12. The van der Waals surface area contributed by atoms with Gasteiger partial charge in [-0.3, -0.25) is 0 Å². The first-order chi connectivity index (χ1) is 13.9. The Hall–Kier alpha value is -1.40. The molecule has 0 fully saturated rings. The van der Waals surface area contributed by atoms with Crippen molar-refractivity contribution in [2.24, 2.45) is 0 Å². The van der Waals surface area contributed by atoms with Gasteiger partial charge in [-0.2, -0.15) is 10.6 Å². The predicted molar refractivity (Wildman–Crippen MR) is 132 cm³/mol. The Morgan fingerprint density at radius 1 is 0.357 bits per heavy atom. The number of rotatable bonds is 7. The smallest absolute Gasteiger partial charge is 0.0511 e. The number of benzene rings is 4. The highest BCUT2D eigenvalue weighted by Gasteiger charge is 2.08. The van der Waals surface area contributed by atoms with Crippen molar-refractivity contribution < 1.29 is 0 Å². The summed E-state index contributed by atoms with van der Waals surface area (Å²) in [6.07, 6.45) is 0. The highest BCUT2D eigenvalue weighted by Crippen LogP contribution is 2.84. The lowest BCUT2D eigenvalue weighted by Crippen LogP contribution is -2.05. The Morgan fingerprint density at radius 3 is 0.964 bits per heavy atom. The van der Waals surface area contributed by atoms with Crippen LogP contribution >= 0.6 is 31.1 Å². The molecule has 0 saturated heterocycles. The zero-order valence-corrected chi connectivity index (χ0v) is 18.9. The first-order valence-electron chi connectivity index (χ1n) is 9.14. The first-order valence-corrected chi connectivity index (χ1v) is 15.7. The summed E-state index contributed by atoms with van der Waals surface area (Å²) in [6.45, 7) is 0. The summed E-state index contributed by atoms with van der Waals surface area (Å²) in [7, 11) is 2.13. The topological polar surface area (TPSA) is 0 Å². The highest BCUT2D eigenvalue weighted by molar-refractivity contribution is 8.77. The molecule has 28 heavy (non-hydrogen) atoms. The summed E-state index contributed by atoms with van der Waals surface area (Å²) >= 11 is 0. The van der Waals surface area contributed by atoms with E-state index >= 15 is 0 Å². The van der Waals surface area contributed by atoms with Crippen molar-refractivity contribution in [1.29, 1.82) is 0 Å². The molecule has 0 saturated carbocycles. The van der Waals surface area contributed by atoms with Crippen LogP contribution in [0, 0.1) is 0 Å². The molecule has 0 aliphatic heterocycles. The highest BCUT2D eigenvalue weighted by atomic mass is 32.6. The molecular formula is C24H20P4-2. The summed E-state index contributed by atoms with van der Waals surface area (Å²) in [5.41, 5.74) is 0. The van der Waals surface area contributed by atoms with Crippen LogP contribution in [0.4, 0.5) is 0 Å². The fourth-order valence-corrected chi connectivity index (χ4v) is 19.1. The average molecular weight is 432 g/mol. The minimum Gasteiger partial charge on any atom is -0.466 e. The number of hydrogen-bond donors (Lipinski definition) is 0. The van der Waals surface area contributed by atoms with Crippen LogP contribution < -0.4 is 21.2 Å². The van der Waals surface area contributed by atoms with Crippen LogP contribution in [0.5, 0.6) is 0 Å². The van der Waals surface area contributed by atoms with E-state index in [2.05, 4.69) is 121 Å². The quantitative estimate of drug-likeness (QED) is 0.279. The summed E-state index contributed by atoms with van der Waals surface area (Å²) in [5, 5.41) is 5.79. The van der Waals surface area contributed by atoms with Crippen LogP contribution in [0.1, 0.15) is 0 Å². The van der Waals surface area contributed by atoms with Gasteiger partial charge < -0.3 is 16.5 Å². The Bertz CT molecular complexity index is 877. The molecule has 0 spiro atoms. The van der Waals surface area contributed by atoms with Crippen molar-refractivity contribution in [3.8, 4) is 0 Å². The van der Waals surface area contributed by atoms with Crippen LogP contribution in [0.2, 0.25) is 0 Å². The molecule has 0 amide bonds. The lowest BCUT2D eigenvalue weighted by molar-refractivity contribution is 1.77. The van der Waals surface area contributed by atoms with Gasteiger partial charge in [0.15, 0.2) is 0 Å². The molecule has 2 unspecified atom stereocenters. The van der Waals surface area contributed by atoms with E-state index in [0.717, 1.165) is 0 Å². The molecular weight excluding hydrogens is 412 g/mol. The standard InChI is InChI=1S/C24H20P4/c1-5-13-21(14-6-1)25-27(23-17-9-3-10-18-23)28(24-19-11-4-12-20-24)26-22-15-7-2-8-16-22/h1-20H/q-2. The molecule has 0 heterocycles. The average Bonchev–Trinajstić information content (AvgIpc) is 2.79. The van der Waals surface area contributed by atoms with E-state index in [1.54, 1.807) is 0 Å². The van der Waals surface area contributed by atoms with Gasteiger partial charge in [-0.05, 0) is 0 Å². The second-order valence-corrected chi connectivity index (χ2v) is 17.6. The lowest BCUT2D eigenvalue weighted by Gasteiger charge is -2.49. The third-order valence-electron chi connectivity index (χ3n) is 4.09. The predicted octanol–water partition coefficient (Wildman–Crippen LogP) is 6.89. The summed E-state index contributed by atoms with van der Waals surface area (Å²) in [6, 6.07) is 44.1. The molecule has 2 atom stereocenters. The molecule has 4 heteroatoms. The first kappa shape index (κ1) is 19.9. The van der Waals surface area contributed by atoms with Crippen LogP contribution in [0.3, 0.4) is 0 Å². The maximum atomic E-state index is 2.32. The molecule has 0 N–H and O–H groups in total. The van der Waals surface area contributed by atoms with Crippen LogP contribution in [0.15, 0.2) is 121 Å². The Kier molecular flexibility index (Phi) is 7.39. The molecule has 0 aliphatic rings. The molecule has 4 aromatic rings. The van der Waals surface area contributed by atoms with E-state index in [1.165, 1.54) is 37.8 Å². The molecule has 0 nitrogen and oxygen atoms in total. The third-order valence-corrected chi connectivity index (χ3v) is 19.9. The van der Waals surface area contributed by atoms with Crippen LogP contribution in [0.25, 0.3) is 0 Å². The van der Waals surface area contributed by atoms with Gasteiger partial charge in [-0.1, -0.05) is 132 Å². The fourth-order valence-electron chi connectivity index (χ4n) is 2.75. The van der Waals surface area contributed by atoms with Gasteiger partial charge >= 0.3 is 0 Å². The van der Waals surface area contributed by atoms with E-state index in [0.29, 0.717) is 0 Å². The van der Waals surface area contributed by atoms with Crippen molar-refractivity contribution in [3.05, 3.63) is 121 Å². The monoisotopic (exact) mass is 432 g/mol. The summed E-state index contributed by atoms with van der Waals surface area (Å²) < 4.78 is 0. The summed E-state index contributed by atoms with van der Waals surface area (Å²) in [5.74, 6) is 0. The van der Waals surface area contributed by atoms with E-state index in [1.807, 2.05) is 0 Å². The van der Waals surface area contributed by atoms with Crippen molar-refractivity contribution in [3.63, 3.8) is 0 Å². The van der Waals surface area contributed by atoms with E-state index in [-0.39, 0.29) is 14.6 Å². The van der Waals surface area contributed by atoms with Crippen molar-refractivity contribution in [2.45, 2.75) is 0 Å². The van der Waals surface area contributed by atoms with Crippen molar-refractivity contribution in [1.82, 2.24) is 0 Å². The molecule has 0 radical (unpaired) electrons. The van der Waals surface area contributed by atoms with Crippen LogP contribution in [-0.2, 0) is 0 Å². The maximum absolute atomic E-state index is 2.32. The molecule has 4 rings (SSSR count). The van der Waals surface area contributed by atoms with E-state index in [9.17, 15) is 0 Å². The van der Waals surface area contributed by atoms with E-state index < -0.39 is 0 Å². The largest absolute Gasteiger partial charge is 0.466 e. The van der Waals surface area contributed by atoms with Gasteiger partial charge in [-0.15, -0.1) is 0 Å². The van der Waals surface area contributed by atoms with Gasteiger partial charge in [0, 0.05) is 0 Å². The third kappa shape index (κ3) is 5.35. The molecule has 0 aromatic heterocycles. The fraction of sp³-hybridized carbons (Fsp3) is 0. The molecule has 0 aliphatic carbocycles. The van der Waals surface area contributed by atoms with Gasteiger partial charge in [0.2, 0.25) is 0 Å². The Morgan fingerprint density at radius 2 is 0.643 bits per heavy atom. The Balaban J connectivity index is 1.76. The second kappa shape index (κ2) is 10.4. The minimum atomic E-state index is -0.371. The van der Waals surface area contributed by atoms with Gasteiger partial charge in [0.25, 0.3) is 0 Å². The van der Waals surface area contributed by atoms with Gasteiger partial charge in [0.1, 0.15) is 0 Å². The Labute approximate surface area is 173 Å². The SMILES string of the molecule is c1ccc([P-]P(c2ccccc2)P([P-]c2ccccc2)c2ccccc2)cc1. The van der Waals surface area contributed by atoms with Gasteiger partial charge in [0.05, 0.1) is 0 Å². The van der Waals surface area contributed by atoms with Gasteiger partial charge in [-0.25, -0.2) is 14.6 Å². The van der Waals surface area contributed by atoms with E-state index in [4.69, 9.17) is 0 Å². The molecule has 4 aromatic carbocycles. The summed E-state index contributed by atoms with van der Waals surface area (Å²) in [4.78, 5) is 0. The molecule has 138 valence electrons. The zero-order chi connectivity index (χ0) is 19.0. The normalized spacial score (nSPS) is 13.9. The van der Waals surface area contributed by atoms with Crippen molar-refractivity contribution in [2.75, 3.05) is 0 Å². The lowest BCUT2D eigenvalue weighted by atomic mass is 10.4. The van der Waals surface area contributed by atoms with Crippen molar-refractivity contribution >= 4 is 52.4 Å². The number of hydrogen-bond acceptors (Lipinski definition) is 0. The zero-order valence-electron chi connectivity index (χ0n) is 15.3. The van der Waals surface area contributed by atoms with Crippen LogP contribution in [-0.4, -0.2) is 0 Å². The minimum absolute atomic E-state index is 0.371. The molecule has 0 bridgehead atoms. The maximum Gasteiger partial charge on any atom is -0.0511 e.